The maximum absolute atomic E-state index is 12.1. The number of hydrogen-bond acceptors (Lipinski definition) is 6. The van der Waals surface area contributed by atoms with Crippen molar-refractivity contribution in [2.24, 2.45) is 0 Å². The van der Waals surface area contributed by atoms with Gasteiger partial charge >= 0.3 is 36.2 Å². The molecule has 3 aromatic heterocycles. The number of halogens is 2. The van der Waals surface area contributed by atoms with Crippen molar-refractivity contribution >= 4 is 5.82 Å². The summed E-state index contributed by atoms with van der Waals surface area (Å²) < 4.78 is 28.4. The van der Waals surface area contributed by atoms with Crippen molar-refractivity contribution in [1.82, 2.24) is 19.5 Å². The number of nitrogens with zero attached hydrogens (tertiary/aromatic N) is 4. The van der Waals surface area contributed by atoms with Crippen molar-refractivity contribution in [2.45, 2.75) is 45.3 Å². The molecule has 10 heteroatoms. The SMILES string of the molecule is Cc1cccn(-c2ccc(NC3CCCC3)nc2)c1=O.FC(F)Oc1cn[c-]cn1.[Na+]. The van der Waals surface area contributed by atoms with E-state index in [4.69, 9.17) is 0 Å². The van der Waals surface area contributed by atoms with Crippen LogP contribution in [0, 0.1) is 13.1 Å². The molecule has 1 aliphatic rings. The molecule has 1 fully saturated rings. The summed E-state index contributed by atoms with van der Waals surface area (Å²) >= 11 is 0. The Morgan fingerprint density at radius 1 is 1.19 bits per heavy atom. The van der Waals surface area contributed by atoms with E-state index in [-0.39, 0.29) is 41.0 Å². The number of aryl methyl sites for hydroxylation is 1. The van der Waals surface area contributed by atoms with Gasteiger partial charge in [0.25, 0.3) is 5.56 Å². The van der Waals surface area contributed by atoms with E-state index >= 15 is 0 Å². The van der Waals surface area contributed by atoms with Gasteiger partial charge < -0.3 is 15.0 Å². The van der Waals surface area contributed by atoms with Crippen LogP contribution in [0.4, 0.5) is 14.6 Å². The number of rotatable bonds is 5. The van der Waals surface area contributed by atoms with Gasteiger partial charge in [-0.15, -0.1) is 6.20 Å². The Balaban J connectivity index is 0.000000264. The van der Waals surface area contributed by atoms with E-state index in [9.17, 15) is 13.6 Å². The first-order valence-electron chi connectivity index (χ1n) is 9.57. The first kappa shape index (κ1) is 24.9. The molecule has 158 valence electrons. The Morgan fingerprint density at radius 2 is 1.97 bits per heavy atom. The molecule has 0 bridgehead atoms. The van der Waals surface area contributed by atoms with Crippen LogP contribution in [0.1, 0.15) is 31.2 Å². The molecule has 4 rings (SSSR count). The molecule has 0 amide bonds. The van der Waals surface area contributed by atoms with E-state index in [2.05, 4.69) is 31.2 Å². The molecule has 0 radical (unpaired) electrons. The minimum atomic E-state index is -2.85. The Bertz CT molecular complexity index is 981. The van der Waals surface area contributed by atoms with Crippen molar-refractivity contribution in [3.05, 3.63) is 71.2 Å². The van der Waals surface area contributed by atoms with Crippen LogP contribution in [0.3, 0.4) is 0 Å². The summed E-state index contributed by atoms with van der Waals surface area (Å²) in [6.45, 7) is -1.03. The average Bonchev–Trinajstić information content (AvgIpc) is 3.25. The third-order valence-electron chi connectivity index (χ3n) is 4.58. The second-order valence-electron chi connectivity index (χ2n) is 6.76. The Kier molecular flexibility index (Phi) is 10.0. The number of alkyl halides is 2. The molecule has 3 aromatic rings. The van der Waals surface area contributed by atoms with E-state index in [0.29, 0.717) is 6.04 Å². The standard InChI is InChI=1S/C16H19N3O.C5H3F2N2O.Na/c1-12-5-4-10-19(16(12)20)14-8-9-15(17-11-14)18-13-6-2-3-7-13;6-5(7)10-4-3-8-1-2-9-4;/h4-5,8-11,13H,2-3,6-7H2,1H3,(H,17,18);2-3,5H;/q;-1;+1. The molecule has 0 saturated heterocycles. The summed E-state index contributed by atoms with van der Waals surface area (Å²) in [6.07, 6.45) is 13.1. The van der Waals surface area contributed by atoms with E-state index in [1.165, 1.54) is 25.7 Å². The largest absolute Gasteiger partial charge is 1.00 e. The van der Waals surface area contributed by atoms with E-state index in [0.717, 1.165) is 29.5 Å². The van der Waals surface area contributed by atoms with Gasteiger partial charge in [0.2, 0.25) is 0 Å². The molecule has 0 spiro atoms. The van der Waals surface area contributed by atoms with Crippen LogP contribution in [0.2, 0.25) is 0 Å². The smallest absolute Gasteiger partial charge is 0.453 e. The number of anilines is 1. The maximum Gasteiger partial charge on any atom is 1.00 e. The third kappa shape index (κ3) is 7.68. The fourth-order valence-corrected chi connectivity index (χ4v) is 3.10. The van der Waals surface area contributed by atoms with Gasteiger partial charge in [-0.3, -0.25) is 14.3 Å². The van der Waals surface area contributed by atoms with Crippen LogP contribution in [-0.2, 0) is 0 Å². The molecule has 0 aromatic carbocycles. The number of aromatic nitrogens is 4. The summed E-state index contributed by atoms with van der Waals surface area (Å²) in [5, 5.41) is 3.45. The zero-order valence-corrected chi connectivity index (χ0v) is 19.5. The summed E-state index contributed by atoms with van der Waals surface area (Å²) in [5.41, 5.74) is 1.54. The molecule has 1 N–H and O–H groups in total. The molecule has 0 atom stereocenters. The predicted molar refractivity (Wildman–Crippen MR) is 108 cm³/mol. The van der Waals surface area contributed by atoms with Crippen LogP contribution < -0.4 is 45.2 Å². The van der Waals surface area contributed by atoms with Gasteiger partial charge in [0.05, 0.1) is 11.9 Å². The first-order valence-corrected chi connectivity index (χ1v) is 9.57. The predicted octanol–water partition coefficient (Wildman–Crippen LogP) is 0.778. The van der Waals surface area contributed by atoms with Crippen molar-refractivity contribution in [1.29, 1.82) is 0 Å². The Labute approximate surface area is 201 Å². The van der Waals surface area contributed by atoms with Gasteiger partial charge in [0.15, 0.2) is 5.88 Å². The van der Waals surface area contributed by atoms with Crippen LogP contribution in [-0.4, -0.2) is 32.2 Å². The van der Waals surface area contributed by atoms with Crippen LogP contribution >= 0.6 is 0 Å². The fraction of sp³-hybridized carbons (Fsp3) is 0.333. The van der Waals surface area contributed by atoms with Gasteiger partial charge in [0.1, 0.15) is 5.82 Å². The minimum absolute atomic E-state index is 0. The molecule has 1 aliphatic carbocycles. The zero-order valence-electron chi connectivity index (χ0n) is 17.5. The van der Waals surface area contributed by atoms with Crippen molar-refractivity contribution in [3.8, 4) is 11.6 Å². The Hall–Kier alpha value is -2.36. The zero-order chi connectivity index (χ0) is 21.3. The monoisotopic (exact) mass is 437 g/mol. The number of ether oxygens (including phenoxy) is 1. The number of nitrogens with one attached hydrogen (secondary N) is 1. The average molecular weight is 437 g/mol. The molecule has 31 heavy (non-hydrogen) atoms. The third-order valence-corrected chi connectivity index (χ3v) is 4.58. The maximum atomic E-state index is 12.1. The second kappa shape index (κ2) is 12.5. The first-order chi connectivity index (χ1) is 14.5. The van der Waals surface area contributed by atoms with Gasteiger partial charge in [-0.25, -0.2) is 4.98 Å². The summed E-state index contributed by atoms with van der Waals surface area (Å²) in [5.74, 6) is 0.690. The van der Waals surface area contributed by atoms with Crippen molar-refractivity contribution in [3.63, 3.8) is 0 Å². The van der Waals surface area contributed by atoms with Crippen LogP contribution in [0.15, 0.2) is 53.8 Å². The summed E-state index contributed by atoms with van der Waals surface area (Å²) in [6, 6.07) is 8.13. The molecule has 1 saturated carbocycles. The van der Waals surface area contributed by atoms with E-state index in [1.807, 2.05) is 31.2 Å². The fourth-order valence-electron chi connectivity index (χ4n) is 3.10. The van der Waals surface area contributed by atoms with Crippen LogP contribution in [0.5, 0.6) is 5.88 Å². The molecule has 3 heterocycles. The number of pyridine rings is 2. The summed E-state index contributed by atoms with van der Waals surface area (Å²) in [7, 11) is 0. The summed E-state index contributed by atoms with van der Waals surface area (Å²) in [4.78, 5) is 23.3. The van der Waals surface area contributed by atoms with Crippen molar-refractivity contribution < 1.29 is 43.1 Å². The normalized spacial score (nSPS) is 13.2. The van der Waals surface area contributed by atoms with Gasteiger partial charge in [-0.1, -0.05) is 25.1 Å². The molecule has 0 unspecified atom stereocenters. The quantitative estimate of drug-likeness (QED) is 0.469. The second-order valence-corrected chi connectivity index (χ2v) is 6.76. The van der Waals surface area contributed by atoms with Gasteiger partial charge in [-0.2, -0.15) is 8.78 Å². The Morgan fingerprint density at radius 3 is 2.58 bits per heavy atom. The minimum Gasteiger partial charge on any atom is -0.453 e. The van der Waals surface area contributed by atoms with Gasteiger partial charge in [-0.05, 0) is 44.2 Å². The van der Waals surface area contributed by atoms with Crippen molar-refractivity contribution in [2.75, 3.05) is 5.32 Å². The van der Waals surface area contributed by atoms with E-state index < -0.39 is 6.61 Å². The van der Waals surface area contributed by atoms with E-state index in [1.54, 1.807) is 17.0 Å². The molecular weight excluding hydrogens is 415 g/mol. The number of hydrogen-bond donors (Lipinski definition) is 1. The molecule has 0 aliphatic heterocycles. The molecular formula is C21H22F2N5NaO2. The topological polar surface area (TPSA) is 81.9 Å². The van der Waals surface area contributed by atoms with Gasteiger partial charge in [0, 0.05) is 17.8 Å². The van der Waals surface area contributed by atoms with Crippen LogP contribution in [0.25, 0.3) is 5.69 Å². The molecule has 7 nitrogen and oxygen atoms in total.